The van der Waals surface area contributed by atoms with Gasteiger partial charge in [0.2, 0.25) is 0 Å². The number of H-pyrrole nitrogens is 1. The van der Waals surface area contributed by atoms with E-state index >= 15 is 0 Å². The van der Waals surface area contributed by atoms with Crippen LogP contribution >= 0.6 is 0 Å². The number of imidazole rings is 2. The highest BCUT2D eigenvalue weighted by atomic mass is 19.1. The summed E-state index contributed by atoms with van der Waals surface area (Å²) in [5.74, 6) is -2.03. The number of hydrogen-bond acceptors (Lipinski definition) is 5. The zero-order chi connectivity index (χ0) is 21.8. The minimum atomic E-state index is -0.997. The van der Waals surface area contributed by atoms with Gasteiger partial charge in [0.25, 0.3) is 0 Å². The Morgan fingerprint density at radius 2 is 1.97 bits per heavy atom. The summed E-state index contributed by atoms with van der Waals surface area (Å²) in [6.07, 6.45) is 4.25. The Morgan fingerprint density at radius 1 is 1.23 bits per heavy atom. The molecular weight excluding hydrogens is 391 g/mol. The lowest BCUT2D eigenvalue weighted by Gasteiger charge is -2.32. The molecule has 0 aromatic carbocycles. The van der Waals surface area contributed by atoms with E-state index in [4.69, 9.17) is 0 Å². The van der Waals surface area contributed by atoms with Crippen molar-refractivity contribution in [1.82, 2.24) is 28.9 Å². The molecule has 0 saturated heterocycles. The van der Waals surface area contributed by atoms with Crippen molar-refractivity contribution in [3.05, 3.63) is 47.0 Å². The third-order valence-electron chi connectivity index (χ3n) is 5.24. The third kappa shape index (κ3) is 3.14. The first-order chi connectivity index (χ1) is 14.1. The summed E-state index contributed by atoms with van der Waals surface area (Å²) in [4.78, 5) is 40.3. The number of aromatic nitrogens is 6. The molecule has 0 fully saturated rings. The maximum atomic E-state index is 13.7. The van der Waals surface area contributed by atoms with E-state index in [2.05, 4.69) is 19.9 Å². The van der Waals surface area contributed by atoms with Crippen LogP contribution < -0.4 is 5.69 Å². The number of carboxylic acid groups (broad SMARTS) is 1. The fourth-order valence-electron chi connectivity index (χ4n) is 3.99. The number of nitrogens with zero attached hydrogens (tertiary/aromatic N) is 5. The molecule has 0 spiro atoms. The minimum absolute atomic E-state index is 0.239. The number of fused-ring (bicyclic) bond motifs is 2. The number of nitrogens with one attached hydrogen (secondary N) is 1. The van der Waals surface area contributed by atoms with Crippen molar-refractivity contribution in [2.24, 2.45) is 11.3 Å². The first-order valence-corrected chi connectivity index (χ1v) is 9.41. The molecule has 0 saturated carbocycles. The number of aromatic amines is 1. The fourth-order valence-corrected chi connectivity index (χ4v) is 3.99. The molecule has 4 heterocycles. The van der Waals surface area contributed by atoms with Gasteiger partial charge in [-0.2, -0.15) is 0 Å². The van der Waals surface area contributed by atoms with Crippen LogP contribution in [-0.2, 0) is 4.79 Å². The summed E-state index contributed by atoms with van der Waals surface area (Å²) in [6, 6.07) is 2.17. The van der Waals surface area contributed by atoms with Gasteiger partial charge in [0.15, 0.2) is 11.5 Å². The van der Waals surface area contributed by atoms with E-state index in [9.17, 15) is 19.1 Å². The standard InChI is InChI=1S/C20H21FN6O3/c1-10(15(18(28)29)20(2,3)4)27-17-12(24-19(27)30)7-23-16(25-17)13-8-22-14-6-5-11(21)9-26(13)14/h5-10,15H,1-4H3,(H,24,30)(H,28,29). The Hall–Kier alpha value is -3.56. The monoisotopic (exact) mass is 412 g/mol. The number of carbonyl (C=O) groups is 1. The third-order valence-corrected chi connectivity index (χ3v) is 5.24. The number of aliphatic carboxylic acids is 1. The van der Waals surface area contributed by atoms with Crippen molar-refractivity contribution in [1.29, 1.82) is 0 Å². The summed E-state index contributed by atoms with van der Waals surface area (Å²) < 4.78 is 16.6. The Labute approximate surface area is 170 Å². The van der Waals surface area contributed by atoms with Crippen LogP contribution in [0.2, 0.25) is 0 Å². The SMILES string of the molecule is CC(C(C(=O)O)C(C)(C)C)n1c(=O)[nH]c2cnc(-c3cnc4ccc(F)cn34)nc21. The average Bonchev–Trinajstić information content (AvgIpc) is 3.18. The summed E-state index contributed by atoms with van der Waals surface area (Å²) in [7, 11) is 0. The van der Waals surface area contributed by atoms with E-state index in [-0.39, 0.29) is 11.5 Å². The van der Waals surface area contributed by atoms with E-state index in [0.29, 0.717) is 16.9 Å². The summed E-state index contributed by atoms with van der Waals surface area (Å²) in [5.41, 5.74) is 0.568. The van der Waals surface area contributed by atoms with Gasteiger partial charge >= 0.3 is 11.7 Å². The molecule has 0 aliphatic carbocycles. The molecule has 156 valence electrons. The molecule has 2 unspecified atom stereocenters. The predicted molar refractivity (Wildman–Crippen MR) is 108 cm³/mol. The zero-order valence-electron chi connectivity index (χ0n) is 16.9. The van der Waals surface area contributed by atoms with Gasteiger partial charge in [-0.1, -0.05) is 20.8 Å². The fraction of sp³-hybridized carbons (Fsp3) is 0.350. The highest BCUT2D eigenvalue weighted by molar-refractivity contribution is 5.75. The van der Waals surface area contributed by atoms with Crippen molar-refractivity contribution in [3.63, 3.8) is 0 Å². The molecular formula is C20H21FN6O3. The zero-order valence-corrected chi connectivity index (χ0v) is 16.9. The van der Waals surface area contributed by atoms with Crippen molar-refractivity contribution in [2.45, 2.75) is 33.7 Å². The average molecular weight is 412 g/mol. The topological polar surface area (TPSA) is 118 Å². The van der Waals surface area contributed by atoms with Crippen LogP contribution in [0.1, 0.15) is 33.7 Å². The van der Waals surface area contributed by atoms with Crippen molar-refractivity contribution < 1.29 is 14.3 Å². The van der Waals surface area contributed by atoms with Crippen LogP contribution in [0.5, 0.6) is 0 Å². The molecule has 0 aliphatic rings. The maximum Gasteiger partial charge on any atom is 0.327 e. The van der Waals surface area contributed by atoms with Gasteiger partial charge in [0.05, 0.1) is 24.4 Å². The van der Waals surface area contributed by atoms with Crippen LogP contribution in [0.25, 0.3) is 28.3 Å². The van der Waals surface area contributed by atoms with Gasteiger partial charge in [0, 0.05) is 6.20 Å². The maximum absolute atomic E-state index is 13.7. The number of pyridine rings is 1. The Morgan fingerprint density at radius 3 is 2.63 bits per heavy atom. The van der Waals surface area contributed by atoms with Gasteiger partial charge in [-0.05, 0) is 24.5 Å². The quantitative estimate of drug-likeness (QED) is 0.532. The molecule has 0 aliphatic heterocycles. The molecule has 0 radical (unpaired) electrons. The van der Waals surface area contributed by atoms with Crippen molar-refractivity contribution in [2.75, 3.05) is 0 Å². The summed E-state index contributed by atoms with van der Waals surface area (Å²) in [5, 5.41) is 9.78. The van der Waals surface area contributed by atoms with Crippen LogP contribution in [0.4, 0.5) is 4.39 Å². The van der Waals surface area contributed by atoms with Crippen LogP contribution in [0.15, 0.2) is 35.5 Å². The lowest BCUT2D eigenvalue weighted by Crippen LogP contribution is -2.38. The van der Waals surface area contributed by atoms with Gasteiger partial charge in [-0.25, -0.2) is 24.1 Å². The molecule has 4 rings (SSSR count). The number of hydrogen-bond donors (Lipinski definition) is 2. The summed E-state index contributed by atoms with van der Waals surface area (Å²) >= 11 is 0. The molecule has 4 aromatic heterocycles. The second-order valence-corrected chi connectivity index (χ2v) is 8.37. The molecule has 30 heavy (non-hydrogen) atoms. The van der Waals surface area contributed by atoms with Gasteiger partial charge in [-0.3, -0.25) is 13.8 Å². The largest absolute Gasteiger partial charge is 0.481 e. The van der Waals surface area contributed by atoms with Crippen LogP contribution in [0.3, 0.4) is 0 Å². The molecule has 9 nitrogen and oxygen atoms in total. The molecule has 0 amide bonds. The Kier molecular flexibility index (Phi) is 4.44. The number of rotatable bonds is 4. The Balaban J connectivity index is 1.90. The lowest BCUT2D eigenvalue weighted by atomic mass is 9.76. The van der Waals surface area contributed by atoms with Gasteiger partial charge < -0.3 is 10.1 Å². The van der Waals surface area contributed by atoms with E-state index in [1.165, 1.54) is 39.7 Å². The predicted octanol–water partition coefficient (Wildman–Crippen LogP) is 2.88. The molecule has 10 heteroatoms. The smallest absolute Gasteiger partial charge is 0.327 e. The van der Waals surface area contributed by atoms with E-state index in [1.54, 1.807) is 6.92 Å². The highest BCUT2D eigenvalue weighted by Gasteiger charge is 2.38. The first kappa shape index (κ1) is 19.7. The lowest BCUT2D eigenvalue weighted by molar-refractivity contribution is -0.147. The van der Waals surface area contributed by atoms with E-state index in [1.807, 2.05) is 20.8 Å². The van der Waals surface area contributed by atoms with Crippen LogP contribution in [-0.4, -0.2) is 40.0 Å². The van der Waals surface area contributed by atoms with Crippen molar-refractivity contribution in [3.8, 4) is 11.5 Å². The van der Waals surface area contributed by atoms with Gasteiger partial charge in [0.1, 0.15) is 22.7 Å². The minimum Gasteiger partial charge on any atom is -0.481 e. The van der Waals surface area contributed by atoms with E-state index < -0.39 is 34.9 Å². The van der Waals surface area contributed by atoms with Gasteiger partial charge in [-0.15, -0.1) is 0 Å². The Bertz CT molecular complexity index is 1330. The number of carboxylic acids is 1. The molecule has 2 atom stereocenters. The number of halogens is 1. The second kappa shape index (κ2) is 6.75. The highest BCUT2D eigenvalue weighted by Crippen LogP contribution is 2.35. The second-order valence-electron chi connectivity index (χ2n) is 8.37. The normalized spacial score (nSPS) is 14.3. The van der Waals surface area contributed by atoms with Crippen molar-refractivity contribution >= 4 is 22.8 Å². The molecule has 4 aromatic rings. The molecule has 0 bridgehead atoms. The van der Waals surface area contributed by atoms with E-state index in [0.717, 1.165) is 0 Å². The van der Waals surface area contributed by atoms with Crippen LogP contribution in [0, 0.1) is 17.2 Å². The first-order valence-electron chi connectivity index (χ1n) is 9.41. The summed E-state index contributed by atoms with van der Waals surface area (Å²) in [6.45, 7) is 7.13. The molecule has 2 N–H and O–H groups in total.